The van der Waals surface area contributed by atoms with Gasteiger partial charge in [-0.05, 0) is 19.2 Å². The van der Waals surface area contributed by atoms with Crippen LogP contribution in [0.25, 0.3) is 0 Å². The Hall–Kier alpha value is -2.64. The monoisotopic (exact) mass is 299 g/mol. The number of nitrogens with zero attached hydrogens (tertiary/aromatic N) is 1. The maximum absolute atomic E-state index is 11.4. The van der Waals surface area contributed by atoms with Crippen LogP contribution in [0.15, 0.2) is 36.5 Å². The molecule has 0 spiro atoms. The summed E-state index contributed by atoms with van der Waals surface area (Å²) in [5.41, 5.74) is 3.22. The number of carbonyl (C=O) groups excluding carboxylic acids is 1. The lowest BCUT2D eigenvalue weighted by atomic mass is 10.1. The Morgan fingerprint density at radius 3 is 2.91 bits per heavy atom. The number of para-hydroxylation sites is 1. The quantitative estimate of drug-likeness (QED) is 0.553. The number of amides is 2. The molecule has 0 bridgehead atoms. The Bertz CT molecular complexity index is 704. The SMILES string of the molecule is CNC(O)c1ccccc1Nc1ccnc2c1CNC(=O)N2. The zero-order chi connectivity index (χ0) is 15.5. The number of aromatic nitrogens is 1. The van der Waals surface area contributed by atoms with Crippen LogP contribution < -0.4 is 21.3 Å². The van der Waals surface area contributed by atoms with Crippen molar-refractivity contribution in [2.24, 2.45) is 0 Å². The number of hydrogen-bond acceptors (Lipinski definition) is 5. The highest BCUT2D eigenvalue weighted by atomic mass is 16.3. The molecule has 1 aliphatic heterocycles. The number of anilines is 3. The van der Waals surface area contributed by atoms with Crippen molar-refractivity contribution in [1.29, 1.82) is 0 Å². The van der Waals surface area contributed by atoms with E-state index in [1.807, 2.05) is 30.3 Å². The summed E-state index contributed by atoms with van der Waals surface area (Å²) in [6.45, 7) is 0.397. The van der Waals surface area contributed by atoms with Crippen LogP contribution in [-0.2, 0) is 6.54 Å². The van der Waals surface area contributed by atoms with Gasteiger partial charge in [-0.3, -0.25) is 10.6 Å². The molecule has 2 amide bonds. The largest absolute Gasteiger partial charge is 0.374 e. The highest BCUT2D eigenvalue weighted by Gasteiger charge is 2.19. The first-order valence-electron chi connectivity index (χ1n) is 6.93. The highest BCUT2D eigenvalue weighted by Crippen LogP contribution is 2.30. The predicted molar refractivity (Wildman–Crippen MR) is 83.8 cm³/mol. The molecule has 2 aromatic rings. The summed E-state index contributed by atoms with van der Waals surface area (Å²) >= 11 is 0. The van der Waals surface area contributed by atoms with E-state index in [1.54, 1.807) is 13.2 Å². The van der Waals surface area contributed by atoms with E-state index in [2.05, 4.69) is 26.3 Å². The lowest BCUT2D eigenvalue weighted by Crippen LogP contribution is -2.34. The van der Waals surface area contributed by atoms with Crippen LogP contribution in [0.2, 0.25) is 0 Å². The number of aliphatic hydroxyl groups is 1. The Labute approximate surface area is 127 Å². The lowest BCUT2D eigenvalue weighted by Gasteiger charge is -2.22. The second-order valence-electron chi connectivity index (χ2n) is 4.90. The van der Waals surface area contributed by atoms with Crippen LogP contribution in [0.1, 0.15) is 17.4 Å². The van der Waals surface area contributed by atoms with Crippen molar-refractivity contribution in [2.45, 2.75) is 12.8 Å². The summed E-state index contributed by atoms with van der Waals surface area (Å²) < 4.78 is 0. The number of benzene rings is 1. The van der Waals surface area contributed by atoms with Gasteiger partial charge in [0.25, 0.3) is 0 Å². The molecule has 1 atom stereocenters. The van der Waals surface area contributed by atoms with E-state index in [-0.39, 0.29) is 6.03 Å². The fourth-order valence-electron chi connectivity index (χ4n) is 2.37. The minimum absolute atomic E-state index is 0.261. The van der Waals surface area contributed by atoms with Crippen molar-refractivity contribution >= 4 is 23.2 Å². The smallest absolute Gasteiger partial charge is 0.320 e. The summed E-state index contributed by atoms with van der Waals surface area (Å²) in [7, 11) is 1.69. The van der Waals surface area contributed by atoms with Gasteiger partial charge in [-0.1, -0.05) is 18.2 Å². The molecule has 7 heteroatoms. The fourth-order valence-corrected chi connectivity index (χ4v) is 2.37. The molecule has 114 valence electrons. The second kappa shape index (κ2) is 6.00. The van der Waals surface area contributed by atoms with E-state index >= 15 is 0 Å². The van der Waals surface area contributed by atoms with Gasteiger partial charge in [0.15, 0.2) is 0 Å². The second-order valence-corrected chi connectivity index (χ2v) is 4.90. The van der Waals surface area contributed by atoms with E-state index in [0.717, 1.165) is 22.5 Å². The van der Waals surface area contributed by atoms with Gasteiger partial charge in [-0.25, -0.2) is 9.78 Å². The molecule has 2 heterocycles. The number of fused-ring (bicyclic) bond motifs is 1. The molecule has 0 fully saturated rings. The normalized spacial score (nSPS) is 14.5. The number of aliphatic hydroxyl groups excluding tert-OH is 1. The summed E-state index contributed by atoms with van der Waals surface area (Å²) in [5, 5.41) is 21.5. The first kappa shape index (κ1) is 14.3. The highest BCUT2D eigenvalue weighted by molar-refractivity contribution is 5.92. The average molecular weight is 299 g/mol. The van der Waals surface area contributed by atoms with Crippen molar-refractivity contribution in [3.63, 3.8) is 0 Å². The summed E-state index contributed by atoms with van der Waals surface area (Å²) in [4.78, 5) is 15.5. The van der Waals surface area contributed by atoms with Crippen molar-refractivity contribution in [1.82, 2.24) is 15.6 Å². The number of rotatable bonds is 4. The van der Waals surface area contributed by atoms with Crippen LogP contribution in [0, 0.1) is 0 Å². The van der Waals surface area contributed by atoms with Crippen LogP contribution >= 0.6 is 0 Å². The third kappa shape index (κ3) is 2.72. The molecular formula is C15H17N5O2. The van der Waals surface area contributed by atoms with Gasteiger partial charge < -0.3 is 15.7 Å². The molecule has 1 aliphatic rings. The number of carbonyl (C=O) groups is 1. The third-order valence-electron chi connectivity index (χ3n) is 3.51. The van der Waals surface area contributed by atoms with Crippen molar-refractivity contribution in [3.8, 4) is 0 Å². The number of pyridine rings is 1. The lowest BCUT2D eigenvalue weighted by molar-refractivity contribution is 0.150. The predicted octanol–water partition coefficient (Wildman–Crippen LogP) is 1.67. The van der Waals surface area contributed by atoms with E-state index < -0.39 is 6.23 Å². The maximum Gasteiger partial charge on any atom is 0.320 e. The molecule has 0 saturated carbocycles. The maximum atomic E-state index is 11.4. The van der Waals surface area contributed by atoms with Crippen LogP contribution in [0.3, 0.4) is 0 Å². The molecule has 3 rings (SSSR count). The molecule has 5 N–H and O–H groups in total. The molecule has 0 radical (unpaired) electrons. The van der Waals surface area contributed by atoms with Crippen LogP contribution in [0.4, 0.5) is 22.0 Å². The number of hydrogen-bond donors (Lipinski definition) is 5. The number of nitrogens with one attached hydrogen (secondary N) is 4. The van der Waals surface area contributed by atoms with Gasteiger partial charge in [0, 0.05) is 28.7 Å². The van der Waals surface area contributed by atoms with Crippen LogP contribution in [-0.4, -0.2) is 23.2 Å². The summed E-state index contributed by atoms with van der Waals surface area (Å²) in [5.74, 6) is 0.542. The Morgan fingerprint density at radius 2 is 2.09 bits per heavy atom. The summed E-state index contributed by atoms with van der Waals surface area (Å²) in [6.07, 6.45) is 0.864. The minimum Gasteiger partial charge on any atom is -0.374 e. The zero-order valence-electron chi connectivity index (χ0n) is 12.1. The standard InChI is InChI=1S/C15H17N5O2/c1-16-14(21)9-4-2-3-5-11(9)19-12-6-7-17-13-10(12)8-18-15(22)20-13/h2-7,14,16,21H,8H2,1H3,(H3,17,18,19,20,22). The third-order valence-corrected chi connectivity index (χ3v) is 3.51. The van der Waals surface area contributed by atoms with Crippen LogP contribution in [0.5, 0.6) is 0 Å². The zero-order valence-corrected chi connectivity index (χ0v) is 12.1. The van der Waals surface area contributed by atoms with Gasteiger partial charge in [0.2, 0.25) is 0 Å². The van der Waals surface area contributed by atoms with Crippen molar-refractivity contribution in [2.75, 3.05) is 17.7 Å². The van der Waals surface area contributed by atoms with E-state index in [0.29, 0.717) is 12.4 Å². The molecule has 22 heavy (non-hydrogen) atoms. The molecule has 1 aromatic carbocycles. The Balaban J connectivity index is 1.95. The molecule has 1 aromatic heterocycles. The van der Waals surface area contributed by atoms with E-state index in [4.69, 9.17) is 0 Å². The Kier molecular flexibility index (Phi) is 3.90. The van der Waals surface area contributed by atoms with E-state index in [1.165, 1.54) is 0 Å². The molecule has 0 aliphatic carbocycles. The molecular weight excluding hydrogens is 282 g/mol. The van der Waals surface area contributed by atoms with Gasteiger partial charge in [-0.2, -0.15) is 0 Å². The molecule has 0 saturated heterocycles. The van der Waals surface area contributed by atoms with Gasteiger partial charge >= 0.3 is 6.03 Å². The summed E-state index contributed by atoms with van der Waals surface area (Å²) in [6, 6.07) is 9.06. The Morgan fingerprint density at radius 1 is 1.27 bits per heavy atom. The first-order chi connectivity index (χ1) is 10.7. The minimum atomic E-state index is -0.765. The van der Waals surface area contributed by atoms with E-state index in [9.17, 15) is 9.90 Å². The molecule has 7 nitrogen and oxygen atoms in total. The van der Waals surface area contributed by atoms with Gasteiger partial charge in [-0.15, -0.1) is 0 Å². The van der Waals surface area contributed by atoms with Gasteiger partial charge in [0.05, 0.1) is 6.54 Å². The molecule has 1 unspecified atom stereocenters. The number of urea groups is 1. The topological polar surface area (TPSA) is 98.3 Å². The first-order valence-corrected chi connectivity index (χ1v) is 6.93. The fraction of sp³-hybridized carbons (Fsp3) is 0.200. The van der Waals surface area contributed by atoms with Crippen molar-refractivity contribution < 1.29 is 9.90 Å². The average Bonchev–Trinajstić information content (AvgIpc) is 2.54. The van der Waals surface area contributed by atoms with Crippen molar-refractivity contribution in [3.05, 3.63) is 47.7 Å². The van der Waals surface area contributed by atoms with Gasteiger partial charge in [0.1, 0.15) is 12.0 Å².